The van der Waals surface area contributed by atoms with Gasteiger partial charge in [0.25, 0.3) is 5.91 Å². The third kappa shape index (κ3) is 6.96. The normalized spacial score (nSPS) is 14.8. The van der Waals surface area contributed by atoms with E-state index >= 15 is 0 Å². The average molecular weight is 573 g/mol. The molecule has 0 radical (unpaired) electrons. The van der Waals surface area contributed by atoms with Crippen molar-refractivity contribution in [3.63, 3.8) is 0 Å². The number of ether oxygens (including phenoxy) is 1. The first-order valence-corrected chi connectivity index (χ1v) is 12.2. The summed E-state index contributed by atoms with van der Waals surface area (Å²) in [7, 11) is 0. The smallest absolute Gasteiger partial charge is 0.261 e. The summed E-state index contributed by atoms with van der Waals surface area (Å²) < 4.78 is 7.41. The van der Waals surface area contributed by atoms with E-state index in [1.807, 2.05) is 24.3 Å². The summed E-state index contributed by atoms with van der Waals surface area (Å²) >= 11 is 13.0. The molecule has 1 N–H and O–H groups in total. The number of nitrogens with zero attached hydrogens (tertiary/aromatic N) is 1. The Hall–Kier alpha value is -1.57. The fourth-order valence-corrected chi connectivity index (χ4v) is 4.80. The van der Waals surface area contributed by atoms with Crippen LogP contribution in [0.4, 0.5) is 0 Å². The molecule has 3 rings (SSSR count). The van der Waals surface area contributed by atoms with Crippen LogP contribution in [0.3, 0.4) is 0 Å². The van der Waals surface area contributed by atoms with Crippen LogP contribution in [0, 0.1) is 0 Å². The molecule has 166 valence electrons. The predicted octanol–water partition coefficient (Wildman–Crippen LogP) is 5.72. The molecule has 1 fully saturated rings. The fourth-order valence-electron chi connectivity index (χ4n) is 3.62. The summed E-state index contributed by atoms with van der Waals surface area (Å²) in [4.78, 5) is 27.6. The second-order valence-electron chi connectivity index (χ2n) is 7.68. The second kappa shape index (κ2) is 11.3. The minimum Gasteiger partial charge on any atom is -0.482 e. The van der Waals surface area contributed by atoms with Crippen molar-refractivity contribution in [2.45, 2.75) is 51.2 Å². The van der Waals surface area contributed by atoms with E-state index in [1.54, 1.807) is 30.0 Å². The van der Waals surface area contributed by atoms with E-state index in [0.717, 1.165) is 40.2 Å². The topological polar surface area (TPSA) is 58.6 Å². The van der Waals surface area contributed by atoms with Gasteiger partial charge in [0, 0.05) is 21.5 Å². The molecule has 0 saturated heterocycles. The van der Waals surface area contributed by atoms with Crippen molar-refractivity contribution < 1.29 is 14.3 Å². The summed E-state index contributed by atoms with van der Waals surface area (Å²) in [5.74, 6) is -0.00589. The van der Waals surface area contributed by atoms with E-state index in [-0.39, 0.29) is 24.5 Å². The number of hydrogen-bond acceptors (Lipinski definition) is 3. The Morgan fingerprint density at radius 3 is 2.55 bits per heavy atom. The summed E-state index contributed by atoms with van der Waals surface area (Å²) in [5.41, 5.74) is 0.921. The van der Waals surface area contributed by atoms with Gasteiger partial charge >= 0.3 is 0 Å². The van der Waals surface area contributed by atoms with Crippen LogP contribution in [0.25, 0.3) is 0 Å². The molecule has 2 aromatic carbocycles. The zero-order valence-corrected chi connectivity index (χ0v) is 21.2. The Morgan fingerprint density at radius 2 is 1.87 bits per heavy atom. The van der Waals surface area contributed by atoms with Crippen LogP contribution in [0.1, 0.15) is 38.2 Å². The molecule has 0 heterocycles. The van der Waals surface area contributed by atoms with Gasteiger partial charge in [-0.25, -0.2) is 0 Å². The van der Waals surface area contributed by atoms with Gasteiger partial charge in [0.15, 0.2) is 6.61 Å². The van der Waals surface area contributed by atoms with Gasteiger partial charge in [-0.1, -0.05) is 68.4 Å². The van der Waals surface area contributed by atoms with Crippen molar-refractivity contribution in [3.8, 4) is 5.75 Å². The van der Waals surface area contributed by atoms with E-state index in [2.05, 4.69) is 37.2 Å². The Morgan fingerprint density at radius 1 is 1.16 bits per heavy atom. The highest BCUT2D eigenvalue weighted by molar-refractivity contribution is 9.10. The number of carbonyl (C=O) groups is 2. The quantitative estimate of drug-likeness (QED) is 0.440. The van der Waals surface area contributed by atoms with Gasteiger partial charge in [0.05, 0.1) is 5.02 Å². The Balaban J connectivity index is 1.73. The van der Waals surface area contributed by atoms with Gasteiger partial charge in [0.1, 0.15) is 11.8 Å². The van der Waals surface area contributed by atoms with Crippen molar-refractivity contribution in [2.75, 3.05) is 6.61 Å². The van der Waals surface area contributed by atoms with E-state index in [4.69, 9.17) is 16.3 Å². The summed E-state index contributed by atoms with van der Waals surface area (Å²) in [6.45, 7) is 1.85. The largest absolute Gasteiger partial charge is 0.482 e. The third-order valence-electron chi connectivity index (χ3n) is 5.36. The minimum atomic E-state index is -0.629. The van der Waals surface area contributed by atoms with Crippen LogP contribution in [0.5, 0.6) is 5.75 Å². The monoisotopic (exact) mass is 570 g/mol. The number of amides is 2. The number of hydrogen-bond donors (Lipinski definition) is 1. The Labute approximate surface area is 204 Å². The van der Waals surface area contributed by atoms with E-state index in [0.29, 0.717) is 17.3 Å². The van der Waals surface area contributed by atoms with Crippen molar-refractivity contribution in [1.29, 1.82) is 0 Å². The molecule has 1 saturated carbocycles. The molecule has 0 spiro atoms. The van der Waals surface area contributed by atoms with Crippen LogP contribution < -0.4 is 10.1 Å². The van der Waals surface area contributed by atoms with E-state index in [1.165, 1.54) is 0 Å². The first-order valence-electron chi connectivity index (χ1n) is 10.3. The van der Waals surface area contributed by atoms with Crippen molar-refractivity contribution in [1.82, 2.24) is 10.2 Å². The van der Waals surface area contributed by atoms with Gasteiger partial charge < -0.3 is 15.0 Å². The molecule has 5 nitrogen and oxygen atoms in total. The van der Waals surface area contributed by atoms with Crippen LogP contribution in [-0.2, 0) is 16.1 Å². The predicted molar refractivity (Wildman–Crippen MR) is 129 cm³/mol. The molecule has 0 bridgehead atoms. The summed E-state index contributed by atoms with van der Waals surface area (Å²) in [6.07, 6.45) is 4.23. The zero-order valence-electron chi connectivity index (χ0n) is 17.2. The maximum atomic E-state index is 13.1. The molecular weight excluding hydrogens is 548 g/mol. The van der Waals surface area contributed by atoms with Gasteiger partial charge in [-0.3, -0.25) is 9.59 Å². The maximum Gasteiger partial charge on any atom is 0.261 e. The molecule has 1 atom stereocenters. The summed E-state index contributed by atoms with van der Waals surface area (Å²) in [6, 6.07) is 12.5. The van der Waals surface area contributed by atoms with Crippen molar-refractivity contribution in [3.05, 3.63) is 62.0 Å². The molecule has 8 heteroatoms. The van der Waals surface area contributed by atoms with Gasteiger partial charge in [-0.2, -0.15) is 0 Å². The van der Waals surface area contributed by atoms with E-state index in [9.17, 15) is 9.59 Å². The molecule has 2 amide bonds. The molecule has 0 aromatic heterocycles. The molecule has 31 heavy (non-hydrogen) atoms. The SMILES string of the molecule is CC(C(=O)NC1CCCC1)N(Cc1cccc(Br)c1)C(=O)COc1ccc(Br)cc1Cl. The molecule has 2 aromatic rings. The molecule has 0 aliphatic heterocycles. The van der Waals surface area contributed by atoms with Gasteiger partial charge in [-0.15, -0.1) is 0 Å². The van der Waals surface area contributed by atoms with Gasteiger partial charge in [-0.05, 0) is 55.7 Å². The first-order chi connectivity index (χ1) is 14.8. The zero-order chi connectivity index (χ0) is 22.4. The highest BCUT2D eigenvalue weighted by Crippen LogP contribution is 2.28. The lowest BCUT2D eigenvalue weighted by molar-refractivity contribution is -0.142. The van der Waals surface area contributed by atoms with Crippen LogP contribution in [-0.4, -0.2) is 35.4 Å². The average Bonchev–Trinajstić information content (AvgIpc) is 3.23. The number of nitrogens with one attached hydrogen (secondary N) is 1. The molecule has 1 unspecified atom stereocenters. The third-order valence-corrected chi connectivity index (χ3v) is 6.64. The van der Waals surface area contributed by atoms with Crippen molar-refractivity contribution >= 4 is 55.3 Å². The van der Waals surface area contributed by atoms with Crippen LogP contribution in [0.2, 0.25) is 5.02 Å². The molecular formula is C23H25Br2ClN2O3. The lowest BCUT2D eigenvalue weighted by Gasteiger charge is -2.29. The first kappa shape index (κ1) is 24.1. The Kier molecular flexibility index (Phi) is 8.81. The van der Waals surface area contributed by atoms with Crippen LogP contribution >= 0.6 is 43.5 Å². The second-order valence-corrected chi connectivity index (χ2v) is 9.92. The minimum absolute atomic E-state index is 0.142. The Bertz CT molecular complexity index is 935. The number of rotatable bonds is 8. The van der Waals surface area contributed by atoms with Crippen molar-refractivity contribution in [2.24, 2.45) is 0 Å². The number of carbonyl (C=O) groups excluding carboxylic acids is 2. The lowest BCUT2D eigenvalue weighted by Crippen LogP contribution is -2.50. The highest BCUT2D eigenvalue weighted by Gasteiger charge is 2.29. The molecule has 1 aliphatic rings. The standard InChI is InChI=1S/C23H25Br2ClN2O3/c1-15(23(30)27-19-7-2-3-8-19)28(13-16-5-4-6-17(24)11-16)22(29)14-31-21-10-9-18(25)12-20(21)26/h4-6,9-12,15,19H,2-3,7-8,13-14H2,1H3,(H,27,30). The van der Waals surface area contributed by atoms with Gasteiger partial charge in [0.2, 0.25) is 5.91 Å². The highest BCUT2D eigenvalue weighted by atomic mass is 79.9. The maximum absolute atomic E-state index is 13.1. The summed E-state index contributed by atoms with van der Waals surface area (Å²) in [5, 5.41) is 3.50. The number of benzene rings is 2. The lowest BCUT2D eigenvalue weighted by atomic mass is 10.1. The van der Waals surface area contributed by atoms with Crippen LogP contribution in [0.15, 0.2) is 51.4 Å². The molecule has 1 aliphatic carbocycles. The fraction of sp³-hybridized carbons (Fsp3) is 0.391. The number of halogens is 3. The van der Waals surface area contributed by atoms with E-state index < -0.39 is 6.04 Å².